The predicted octanol–water partition coefficient (Wildman–Crippen LogP) is 4.07. The maximum absolute atomic E-state index is 13.2. The Bertz CT molecular complexity index is 589. The fourth-order valence-electron chi connectivity index (χ4n) is 1.85. The molecule has 0 fully saturated rings. The number of anilines is 1. The minimum absolute atomic E-state index is 0.103. The van der Waals surface area contributed by atoms with Crippen LogP contribution in [0.4, 0.5) is 14.5 Å². The van der Waals surface area contributed by atoms with Crippen molar-refractivity contribution in [1.82, 2.24) is 0 Å². The second-order valence-electron chi connectivity index (χ2n) is 4.95. The molecule has 0 radical (unpaired) electrons. The fraction of sp³-hybridized carbons (Fsp3) is 0.250. The second kappa shape index (κ2) is 6.43. The van der Waals surface area contributed by atoms with Gasteiger partial charge in [-0.15, -0.1) is 0 Å². The first-order chi connectivity index (χ1) is 9.95. The van der Waals surface area contributed by atoms with Crippen molar-refractivity contribution in [3.8, 4) is 11.5 Å². The van der Waals surface area contributed by atoms with Crippen LogP contribution in [0.2, 0.25) is 0 Å². The van der Waals surface area contributed by atoms with E-state index in [4.69, 9.17) is 9.84 Å². The van der Waals surface area contributed by atoms with Gasteiger partial charge in [0.1, 0.15) is 5.75 Å². The van der Waals surface area contributed by atoms with Gasteiger partial charge in [-0.1, -0.05) is 0 Å². The van der Waals surface area contributed by atoms with Crippen LogP contribution in [0.15, 0.2) is 36.4 Å². The highest BCUT2D eigenvalue weighted by Crippen LogP contribution is 2.22. The Morgan fingerprint density at radius 2 is 1.67 bits per heavy atom. The number of aromatic hydroxyl groups is 1. The summed E-state index contributed by atoms with van der Waals surface area (Å²) in [4.78, 5) is 0. The first-order valence-corrected chi connectivity index (χ1v) is 6.63. The van der Waals surface area contributed by atoms with E-state index in [0.717, 1.165) is 23.6 Å². The van der Waals surface area contributed by atoms with E-state index in [1.165, 1.54) is 0 Å². The van der Waals surface area contributed by atoms with Crippen molar-refractivity contribution in [3.63, 3.8) is 0 Å². The number of ether oxygens (including phenoxy) is 1. The van der Waals surface area contributed by atoms with Crippen molar-refractivity contribution >= 4 is 5.69 Å². The van der Waals surface area contributed by atoms with Crippen molar-refractivity contribution in [1.29, 1.82) is 0 Å². The van der Waals surface area contributed by atoms with Crippen LogP contribution in [0, 0.1) is 11.6 Å². The minimum atomic E-state index is -0.965. The molecular weight excluding hydrogens is 276 g/mol. The van der Waals surface area contributed by atoms with Gasteiger partial charge in [0.25, 0.3) is 0 Å². The normalized spacial score (nSPS) is 10.7. The zero-order valence-corrected chi connectivity index (χ0v) is 11.9. The molecule has 0 aliphatic heterocycles. The number of rotatable bonds is 5. The Morgan fingerprint density at radius 3 is 2.19 bits per heavy atom. The molecule has 0 aliphatic carbocycles. The van der Waals surface area contributed by atoms with Gasteiger partial charge < -0.3 is 15.2 Å². The molecule has 0 unspecified atom stereocenters. The van der Waals surface area contributed by atoms with Crippen molar-refractivity contribution < 1.29 is 18.6 Å². The lowest BCUT2D eigenvalue weighted by Crippen LogP contribution is -2.05. The Balaban J connectivity index is 2.00. The lowest BCUT2D eigenvalue weighted by atomic mass is 10.2. The summed E-state index contributed by atoms with van der Waals surface area (Å²) in [5, 5.41) is 12.1. The van der Waals surface area contributed by atoms with Crippen LogP contribution in [-0.4, -0.2) is 11.2 Å². The quantitative estimate of drug-likeness (QED) is 0.873. The number of halogens is 2. The molecule has 2 aromatic carbocycles. The highest BCUT2D eigenvalue weighted by atomic mass is 19.1. The SMILES string of the molecule is CC(C)Oc1ccc(NCc2cc(F)c(O)c(F)c2)cc1. The smallest absolute Gasteiger partial charge is 0.187 e. The van der Waals surface area contributed by atoms with Gasteiger partial charge in [0.05, 0.1) is 6.10 Å². The zero-order valence-electron chi connectivity index (χ0n) is 11.9. The van der Waals surface area contributed by atoms with Crippen LogP contribution in [-0.2, 0) is 6.54 Å². The van der Waals surface area contributed by atoms with Crippen LogP contribution >= 0.6 is 0 Å². The molecule has 0 aliphatic rings. The number of nitrogens with one attached hydrogen (secondary N) is 1. The average molecular weight is 293 g/mol. The monoisotopic (exact) mass is 293 g/mol. The van der Waals surface area contributed by atoms with E-state index in [2.05, 4.69) is 5.32 Å². The van der Waals surface area contributed by atoms with Crippen molar-refractivity contribution in [2.24, 2.45) is 0 Å². The van der Waals surface area contributed by atoms with Gasteiger partial charge in [-0.05, 0) is 55.8 Å². The molecule has 0 saturated carbocycles. The third kappa shape index (κ3) is 4.08. The Morgan fingerprint density at radius 1 is 1.10 bits per heavy atom. The van der Waals surface area contributed by atoms with E-state index < -0.39 is 17.4 Å². The molecule has 0 amide bonds. The van der Waals surface area contributed by atoms with Gasteiger partial charge in [0, 0.05) is 12.2 Å². The summed E-state index contributed by atoms with van der Waals surface area (Å²) in [5.41, 5.74) is 1.21. The third-order valence-electron chi connectivity index (χ3n) is 2.80. The van der Waals surface area contributed by atoms with E-state index >= 15 is 0 Å². The van der Waals surface area contributed by atoms with Crippen LogP contribution in [0.5, 0.6) is 11.5 Å². The molecule has 21 heavy (non-hydrogen) atoms. The standard InChI is InChI=1S/C16H17F2NO2/c1-10(2)21-13-5-3-12(4-6-13)19-9-11-7-14(17)16(20)15(18)8-11/h3-8,10,19-20H,9H2,1-2H3. The summed E-state index contributed by atoms with van der Waals surface area (Å²) in [7, 11) is 0. The number of hydrogen-bond donors (Lipinski definition) is 2. The third-order valence-corrected chi connectivity index (χ3v) is 2.80. The van der Waals surface area contributed by atoms with Crippen LogP contribution < -0.4 is 10.1 Å². The molecular formula is C16H17F2NO2. The van der Waals surface area contributed by atoms with E-state index in [1.807, 2.05) is 38.1 Å². The van der Waals surface area contributed by atoms with E-state index in [-0.39, 0.29) is 12.6 Å². The van der Waals surface area contributed by atoms with Crippen LogP contribution in [0.3, 0.4) is 0 Å². The van der Waals surface area contributed by atoms with Crippen molar-refractivity contribution in [3.05, 3.63) is 53.6 Å². The number of phenolic OH excluding ortho intramolecular Hbond substituents is 1. The second-order valence-corrected chi connectivity index (χ2v) is 4.95. The molecule has 0 aromatic heterocycles. The van der Waals surface area contributed by atoms with Gasteiger partial charge in [-0.2, -0.15) is 0 Å². The molecule has 3 nitrogen and oxygen atoms in total. The molecule has 2 rings (SSSR count). The number of phenols is 1. The van der Waals surface area contributed by atoms with Crippen LogP contribution in [0.25, 0.3) is 0 Å². The Hall–Kier alpha value is -2.30. The summed E-state index contributed by atoms with van der Waals surface area (Å²) < 4.78 is 31.9. The largest absolute Gasteiger partial charge is 0.503 e. The predicted molar refractivity (Wildman–Crippen MR) is 77.6 cm³/mol. The molecule has 0 atom stereocenters. The molecule has 2 N–H and O–H groups in total. The first-order valence-electron chi connectivity index (χ1n) is 6.63. The zero-order chi connectivity index (χ0) is 15.4. The lowest BCUT2D eigenvalue weighted by Gasteiger charge is -2.11. The molecule has 0 spiro atoms. The summed E-state index contributed by atoms with van der Waals surface area (Å²) in [5.74, 6) is -2.12. The van der Waals surface area contributed by atoms with Gasteiger partial charge in [0.2, 0.25) is 0 Å². The summed E-state index contributed by atoms with van der Waals surface area (Å²) >= 11 is 0. The highest BCUT2D eigenvalue weighted by Gasteiger charge is 2.09. The van der Waals surface area contributed by atoms with E-state index in [1.54, 1.807) is 0 Å². The molecule has 0 heterocycles. The summed E-state index contributed by atoms with van der Waals surface area (Å²) in [6.07, 6.45) is 0.103. The molecule has 2 aromatic rings. The summed E-state index contributed by atoms with van der Waals surface area (Å²) in [6, 6.07) is 9.49. The van der Waals surface area contributed by atoms with Gasteiger partial charge in [-0.25, -0.2) is 8.78 Å². The molecule has 5 heteroatoms. The highest BCUT2D eigenvalue weighted by molar-refractivity contribution is 5.47. The van der Waals surface area contributed by atoms with Crippen molar-refractivity contribution in [2.45, 2.75) is 26.5 Å². The van der Waals surface area contributed by atoms with E-state index in [9.17, 15) is 8.78 Å². The molecule has 112 valence electrons. The number of hydrogen-bond acceptors (Lipinski definition) is 3. The maximum atomic E-state index is 13.2. The van der Waals surface area contributed by atoms with Gasteiger partial charge in [-0.3, -0.25) is 0 Å². The fourth-order valence-corrected chi connectivity index (χ4v) is 1.85. The van der Waals surface area contributed by atoms with Crippen molar-refractivity contribution in [2.75, 3.05) is 5.32 Å². The molecule has 0 saturated heterocycles. The maximum Gasteiger partial charge on any atom is 0.187 e. The Labute approximate surface area is 122 Å². The summed E-state index contributed by atoms with van der Waals surface area (Å²) in [6.45, 7) is 4.14. The Kier molecular flexibility index (Phi) is 4.62. The average Bonchev–Trinajstić information content (AvgIpc) is 2.43. The first kappa shape index (κ1) is 15.1. The number of benzene rings is 2. The van der Waals surface area contributed by atoms with Gasteiger partial charge in [0.15, 0.2) is 17.4 Å². The lowest BCUT2D eigenvalue weighted by molar-refractivity contribution is 0.242. The minimum Gasteiger partial charge on any atom is -0.503 e. The molecule has 0 bridgehead atoms. The topological polar surface area (TPSA) is 41.5 Å². The van der Waals surface area contributed by atoms with Crippen LogP contribution in [0.1, 0.15) is 19.4 Å². The van der Waals surface area contributed by atoms with Gasteiger partial charge >= 0.3 is 0 Å². The van der Waals surface area contributed by atoms with E-state index in [0.29, 0.717) is 5.56 Å².